The number of benzene rings is 2. The summed E-state index contributed by atoms with van der Waals surface area (Å²) in [6, 6.07) is 13.0. The minimum Gasteiger partial charge on any atom is -0.494 e. The zero-order chi connectivity index (χ0) is 20.9. The van der Waals surface area contributed by atoms with Crippen LogP contribution in [-0.2, 0) is 21.2 Å². The third-order valence-corrected chi connectivity index (χ3v) is 6.22. The maximum absolute atomic E-state index is 12.5. The molecule has 0 unspecified atom stereocenters. The first-order valence-electron chi connectivity index (χ1n) is 9.68. The summed E-state index contributed by atoms with van der Waals surface area (Å²) in [5.41, 5.74) is 1.24. The first-order valence-corrected chi connectivity index (χ1v) is 11.2. The second-order valence-electron chi connectivity index (χ2n) is 7.00. The Hall–Kier alpha value is -2.58. The fourth-order valence-electron chi connectivity index (χ4n) is 3.19. The van der Waals surface area contributed by atoms with Crippen molar-refractivity contribution >= 4 is 21.6 Å². The molecular weight excluding hydrogens is 392 g/mol. The van der Waals surface area contributed by atoms with Crippen molar-refractivity contribution in [1.82, 2.24) is 4.90 Å². The quantitative estimate of drug-likeness (QED) is 0.720. The molecular formula is C21H26N2O5S. The molecule has 2 aromatic carbocycles. The fourth-order valence-corrected chi connectivity index (χ4v) is 4.25. The number of piperidine rings is 1. The van der Waals surface area contributed by atoms with Crippen molar-refractivity contribution in [3.63, 3.8) is 0 Å². The molecule has 3 rings (SSSR count). The lowest BCUT2D eigenvalue weighted by atomic mass is 10.1. The van der Waals surface area contributed by atoms with Crippen LogP contribution in [0.5, 0.6) is 5.75 Å². The number of hydrogen-bond acceptors (Lipinski definition) is 5. The van der Waals surface area contributed by atoms with Gasteiger partial charge in [0.25, 0.3) is 10.0 Å². The summed E-state index contributed by atoms with van der Waals surface area (Å²) in [4.78, 5) is 14.3. The van der Waals surface area contributed by atoms with Crippen LogP contribution in [0.1, 0.15) is 25.3 Å². The molecule has 29 heavy (non-hydrogen) atoms. The minimum atomic E-state index is -3.71. The van der Waals surface area contributed by atoms with Gasteiger partial charge in [0.1, 0.15) is 5.75 Å². The molecule has 8 heteroatoms. The average Bonchev–Trinajstić information content (AvgIpc) is 2.70. The van der Waals surface area contributed by atoms with Crippen molar-refractivity contribution in [2.24, 2.45) is 0 Å². The molecule has 0 spiro atoms. The summed E-state index contributed by atoms with van der Waals surface area (Å²) in [7, 11) is -3.71. The van der Waals surface area contributed by atoms with E-state index in [1.165, 1.54) is 12.1 Å². The number of nitrogens with zero attached hydrogens (tertiary/aromatic N) is 1. The smallest absolute Gasteiger partial charge is 0.261 e. The SMILES string of the molecule is CCOc1ccc(S(=O)(=O)Nc2ccc(CC(=O)N3CCC(O)CC3)cc2)cc1. The van der Waals surface area contributed by atoms with Gasteiger partial charge < -0.3 is 14.7 Å². The van der Waals surface area contributed by atoms with Gasteiger partial charge in [0.05, 0.1) is 24.0 Å². The molecule has 0 aromatic heterocycles. The zero-order valence-electron chi connectivity index (χ0n) is 16.4. The van der Waals surface area contributed by atoms with Gasteiger partial charge in [-0.25, -0.2) is 8.42 Å². The van der Waals surface area contributed by atoms with Crippen LogP contribution in [0, 0.1) is 0 Å². The summed E-state index contributed by atoms with van der Waals surface area (Å²) in [5.74, 6) is 0.628. The lowest BCUT2D eigenvalue weighted by molar-refractivity contribution is -0.132. The molecule has 1 aliphatic rings. The summed E-state index contributed by atoms with van der Waals surface area (Å²) in [6.45, 7) is 3.51. The van der Waals surface area contributed by atoms with Crippen LogP contribution in [0.25, 0.3) is 0 Å². The van der Waals surface area contributed by atoms with Gasteiger partial charge >= 0.3 is 0 Å². The predicted molar refractivity (Wildman–Crippen MR) is 110 cm³/mol. The average molecular weight is 419 g/mol. The number of amides is 1. The molecule has 156 valence electrons. The largest absolute Gasteiger partial charge is 0.494 e. The Kier molecular flexibility index (Phi) is 6.76. The topological polar surface area (TPSA) is 95.9 Å². The van der Waals surface area contributed by atoms with E-state index in [4.69, 9.17) is 4.74 Å². The van der Waals surface area contributed by atoms with E-state index < -0.39 is 10.0 Å². The van der Waals surface area contributed by atoms with Gasteiger partial charge in [0.15, 0.2) is 0 Å². The summed E-state index contributed by atoms with van der Waals surface area (Å²) in [5, 5.41) is 9.54. The van der Waals surface area contributed by atoms with Crippen LogP contribution in [-0.4, -0.2) is 50.1 Å². The van der Waals surface area contributed by atoms with Crippen LogP contribution in [0.2, 0.25) is 0 Å². The van der Waals surface area contributed by atoms with Crippen molar-refractivity contribution in [2.45, 2.75) is 37.2 Å². The highest BCUT2D eigenvalue weighted by molar-refractivity contribution is 7.92. The number of likely N-dealkylation sites (tertiary alicyclic amines) is 1. The van der Waals surface area contributed by atoms with E-state index in [0.29, 0.717) is 44.0 Å². The molecule has 7 nitrogen and oxygen atoms in total. The fraction of sp³-hybridized carbons (Fsp3) is 0.381. The molecule has 1 heterocycles. The molecule has 0 radical (unpaired) electrons. The highest BCUT2D eigenvalue weighted by Crippen LogP contribution is 2.20. The number of sulfonamides is 1. The lowest BCUT2D eigenvalue weighted by Crippen LogP contribution is -2.40. The number of aliphatic hydroxyl groups excluding tert-OH is 1. The van der Waals surface area contributed by atoms with Crippen LogP contribution in [0.4, 0.5) is 5.69 Å². The molecule has 1 amide bonds. The van der Waals surface area contributed by atoms with Crippen molar-refractivity contribution < 1.29 is 23.1 Å². The van der Waals surface area contributed by atoms with Gasteiger partial charge in [-0.3, -0.25) is 9.52 Å². The summed E-state index contributed by atoms with van der Waals surface area (Å²) < 4.78 is 32.9. The second kappa shape index (κ2) is 9.28. The maximum atomic E-state index is 12.5. The molecule has 1 aliphatic heterocycles. The number of aliphatic hydroxyl groups is 1. The zero-order valence-corrected chi connectivity index (χ0v) is 17.2. The Balaban J connectivity index is 1.60. The van der Waals surface area contributed by atoms with E-state index in [9.17, 15) is 18.3 Å². The highest BCUT2D eigenvalue weighted by Gasteiger charge is 2.21. The first-order chi connectivity index (χ1) is 13.9. The van der Waals surface area contributed by atoms with E-state index in [1.54, 1.807) is 41.3 Å². The normalized spacial score (nSPS) is 15.2. The van der Waals surface area contributed by atoms with E-state index in [2.05, 4.69) is 4.72 Å². The Bertz CT molecular complexity index is 919. The van der Waals surface area contributed by atoms with Gasteiger partial charge in [-0.15, -0.1) is 0 Å². The Morgan fingerprint density at radius 2 is 1.72 bits per heavy atom. The van der Waals surface area contributed by atoms with Crippen LogP contribution < -0.4 is 9.46 Å². The van der Waals surface area contributed by atoms with Gasteiger partial charge in [0.2, 0.25) is 5.91 Å². The molecule has 0 saturated carbocycles. The lowest BCUT2D eigenvalue weighted by Gasteiger charge is -2.29. The van der Waals surface area contributed by atoms with E-state index in [1.807, 2.05) is 6.92 Å². The van der Waals surface area contributed by atoms with Crippen LogP contribution in [0.15, 0.2) is 53.4 Å². The molecule has 1 fully saturated rings. The first kappa shape index (κ1) is 21.1. The molecule has 1 saturated heterocycles. The minimum absolute atomic E-state index is 0.0135. The second-order valence-corrected chi connectivity index (χ2v) is 8.68. The molecule has 2 aromatic rings. The Labute approximate surface area is 171 Å². The van der Waals surface area contributed by atoms with Crippen LogP contribution >= 0.6 is 0 Å². The monoisotopic (exact) mass is 418 g/mol. The molecule has 2 N–H and O–H groups in total. The molecule has 0 aliphatic carbocycles. The summed E-state index contributed by atoms with van der Waals surface area (Å²) >= 11 is 0. The van der Waals surface area contributed by atoms with Gasteiger partial charge in [-0.2, -0.15) is 0 Å². The highest BCUT2D eigenvalue weighted by atomic mass is 32.2. The number of rotatable bonds is 7. The third-order valence-electron chi connectivity index (χ3n) is 4.82. The number of carbonyl (C=O) groups excluding carboxylic acids is 1. The van der Waals surface area contributed by atoms with Crippen molar-refractivity contribution in [3.8, 4) is 5.75 Å². The van der Waals surface area contributed by atoms with E-state index in [-0.39, 0.29) is 23.3 Å². The number of anilines is 1. The predicted octanol–water partition coefficient (Wildman–Crippen LogP) is 2.41. The van der Waals surface area contributed by atoms with E-state index in [0.717, 1.165) is 5.56 Å². The van der Waals surface area contributed by atoms with E-state index >= 15 is 0 Å². The maximum Gasteiger partial charge on any atom is 0.261 e. The van der Waals surface area contributed by atoms with Gasteiger partial charge in [0, 0.05) is 18.8 Å². The van der Waals surface area contributed by atoms with Crippen molar-refractivity contribution in [3.05, 3.63) is 54.1 Å². The van der Waals surface area contributed by atoms with Crippen molar-refractivity contribution in [1.29, 1.82) is 0 Å². The van der Waals surface area contributed by atoms with Crippen LogP contribution in [0.3, 0.4) is 0 Å². The standard InChI is InChI=1S/C21H26N2O5S/c1-2-28-19-7-9-20(10-8-19)29(26,27)22-17-5-3-16(4-6-17)15-21(25)23-13-11-18(24)12-14-23/h3-10,18,22,24H,2,11-15H2,1H3. The summed E-state index contributed by atoms with van der Waals surface area (Å²) in [6.07, 6.45) is 1.15. The number of ether oxygens (including phenoxy) is 1. The van der Waals surface area contributed by atoms with Crippen molar-refractivity contribution in [2.75, 3.05) is 24.4 Å². The van der Waals surface area contributed by atoms with Gasteiger partial charge in [-0.05, 0) is 61.7 Å². The number of carbonyl (C=O) groups is 1. The van der Waals surface area contributed by atoms with Gasteiger partial charge in [-0.1, -0.05) is 12.1 Å². The third kappa shape index (κ3) is 5.71. The molecule has 0 atom stereocenters. The number of nitrogens with one attached hydrogen (secondary N) is 1. The Morgan fingerprint density at radius 3 is 2.31 bits per heavy atom. The Morgan fingerprint density at radius 1 is 1.10 bits per heavy atom. The number of hydrogen-bond donors (Lipinski definition) is 2. The molecule has 0 bridgehead atoms.